The van der Waals surface area contributed by atoms with Gasteiger partial charge in [-0.3, -0.25) is 9.69 Å². The minimum atomic E-state index is -0.204. The lowest BCUT2D eigenvalue weighted by atomic mass is 9.69. The van der Waals surface area contributed by atoms with E-state index in [4.69, 9.17) is 31.0 Å². The summed E-state index contributed by atoms with van der Waals surface area (Å²) in [5.74, 6) is 0.900. The number of piperazine rings is 1. The molecule has 9 heteroatoms. The Kier molecular flexibility index (Phi) is 6.69. The van der Waals surface area contributed by atoms with Gasteiger partial charge in [0.15, 0.2) is 0 Å². The highest BCUT2D eigenvalue weighted by Crippen LogP contribution is 2.50. The third-order valence-corrected chi connectivity index (χ3v) is 11.8. The van der Waals surface area contributed by atoms with Crippen molar-refractivity contribution in [2.24, 2.45) is 0 Å². The van der Waals surface area contributed by atoms with Crippen LogP contribution < -0.4 is 15.0 Å². The Morgan fingerprint density at radius 1 is 1.07 bits per heavy atom. The van der Waals surface area contributed by atoms with Gasteiger partial charge in [-0.15, -0.1) is 0 Å². The maximum atomic E-state index is 11.5. The highest BCUT2D eigenvalue weighted by atomic mass is 35.5. The van der Waals surface area contributed by atoms with Crippen molar-refractivity contribution in [2.75, 3.05) is 37.7 Å². The van der Waals surface area contributed by atoms with Crippen LogP contribution in [0.4, 0.5) is 5.82 Å². The van der Waals surface area contributed by atoms with Crippen LogP contribution in [0.5, 0.6) is 6.01 Å². The van der Waals surface area contributed by atoms with E-state index in [1.54, 1.807) is 0 Å². The number of hydrogen-bond acceptors (Lipinski definition) is 8. The Morgan fingerprint density at radius 3 is 2.69 bits per heavy atom. The van der Waals surface area contributed by atoms with Crippen LogP contribution in [0.25, 0.3) is 0 Å². The number of benzene rings is 1. The molecule has 1 aromatic carbocycles. The number of anilines is 1. The van der Waals surface area contributed by atoms with Gasteiger partial charge in [0, 0.05) is 54.1 Å². The maximum absolute atomic E-state index is 11.5. The number of ether oxygens (including phenoxy) is 2. The van der Waals surface area contributed by atoms with Crippen molar-refractivity contribution >= 4 is 23.4 Å². The number of carbonyl (C=O) groups is 1. The van der Waals surface area contributed by atoms with Gasteiger partial charge in [0.2, 0.25) is 0 Å². The van der Waals surface area contributed by atoms with Crippen LogP contribution in [0.2, 0.25) is 5.02 Å². The second kappa shape index (κ2) is 10.3. The van der Waals surface area contributed by atoms with Crippen molar-refractivity contribution in [2.45, 2.75) is 107 Å². The molecule has 224 valence electrons. The summed E-state index contributed by atoms with van der Waals surface area (Å²) in [5.41, 5.74) is 5.31. The van der Waals surface area contributed by atoms with Crippen molar-refractivity contribution in [1.82, 2.24) is 20.2 Å². The van der Waals surface area contributed by atoms with Crippen molar-refractivity contribution in [1.29, 1.82) is 0 Å². The Labute approximate surface area is 253 Å². The van der Waals surface area contributed by atoms with Gasteiger partial charge in [-0.2, -0.15) is 9.97 Å². The molecule has 1 N–H and O–H groups in total. The molecule has 2 bridgehead atoms. The normalized spacial score (nSPS) is 33.1. The molecule has 1 spiro atoms. The molecule has 5 heterocycles. The molecule has 4 saturated heterocycles. The molecular weight excluding hydrogens is 550 g/mol. The first-order chi connectivity index (χ1) is 20.4. The number of fused-ring (bicyclic) bond motifs is 6. The van der Waals surface area contributed by atoms with Crippen molar-refractivity contribution < 1.29 is 14.3 Å². The molecule has 1 unspecified atom stereocenters. The number of rotatable bonds is 6. The molecule has 42 heavy (non-hydrogen) atoms. The zero-order valence-electron chi connectivity index (χ0n) is 24.7. The summed E-state index contributed by atoms with van der Waals surface area (Å²) in [6, 6.07) is 8.32. The van der Waals surface area contributed by atoms with Crippen molar-refractivity contribution in [3.63, 3.8) is 0 Å². The monoisotopic (exact) mass is 591 g/mol. The Hall–Kier alpha value is -2.42. The zero-order valence-corrected chi connectivity index (χ0v) is 25.4. The van der Waals surface area contributed by atoms with Gasteiger partial charge in [-0.05, 0) is 94.4 Å². The Morgan fingerprint density at radius 2 is 1.88 bits per heavy atom. The average molecular weight is 592 g/mol. The van der Waals surface area contributed by atoms with Gasteiger partial charge in [-0.25, -0.2) is 0 Å². The Balaban J connectivity index is 1.10. The number of nitrogens with one attached hydrogen (secondary N) is 1. The largest absolute Gasteiger partial charge is 0.464 e. The predicted octanol–water partition coefficient (Wildman–Crippen LogP) is 4.38. The molecule has 0 radical (unpaired) electrons. The third-order valence-electron chi connectivity index (χ3n) is 11.5. The van der Waals surface area contributed by atoms with Crippen LogP contribution >= 0.6 is 11.6 Å². The quantitative estimate of drug-likeness (QED) is 0.496. The van der Waals surface area contributed by atoms with E-state index < -0.39 is 0 Å². The fourth-order valence-corrected chi connectivity index (χ4v) is 9.69. The van der Waals surface area contributed by atoms with Crippen LogP contribution in [0.15, 0.2) is 18.2 Å². The van der Waals surface area contributed by atoms with E-state index >= 15 is 0 Å². The summed E-state index contributed by atoms with van der Waals surface area (Å²) >= 11 is 6.66. The maximum Gasteiger partial charge on any atom is 0.318 e. The summed E-state index contributed by atoms with van der Waals surface area (Å²) in [4.78, 5) is 26.9. The Bertz CT molecular complexity index is 1390. The number of esters is 1. The highest BCUT2D eigenvalue weighted by Gasteiger charge is 2.50. The molecule has 2 aliphatic carbocycles. The number of carbonyl (C=O) groups excluding carboxylic acids is 1. The molecule has 6 aliphatic rings. The van der Waals surface area contributed by atoms with Gasteiger partial charge in [0.1, 0.15) is 19.0 Å². The molecule has 4 aliphatic heterocycles. The standard InChI is InChI=1S/C33H42ClN5O3/c1-21(40)41-19-24-8-14-33(11-3-15-39(24)33)20-42-31-36-29-16-32(12-9-25-27(32)4-2-5-28(25)34)13-10-26(29)30(37-31)38-17-22-6-7-23(18-38)35-22/h2,4-5,22-24,35H,3,6-20H2,1H3/t22-,23+,24-,32?,33-/m0/s1. The molecule has 2 aromatic rings. The van der Waals surface area contributed by atoms with Crippen LogP contribution in [0.3, 0.4) is 0 Å². The van der Waals surface area contributed by atoms with Gasteiger partial charge in [0.25, 0.3) is 0 Å². The highest BCUT2D eigenvalue weighted by molar-refractivity contribution is 6.31. The second-order valence-electron chi connectivity index (χ2n) is 13.8. The van der Waals surface area contributed by atoms with Gasteiger partial charge in [-0.1, -0.05) is 23.7 Å². The molecule has 8 nitrogen and oxygen atoms in total. The topological polar surface area (TPSA) is 79.8 Å². The minimum Gasteiger partial charge on any atom is -0.464 e. The van der Waals surface area contributed by atoms with E-state index in [0.717, 1.165) is 88.3 Å². The summed E-state index contributed by atoms with van der Waals surface area (Å²) in [5, 5.41) is 4.69. The molecule has 0 amide bonds. The second-order valence-corrected chi connectivity index (χ2v) is 14.2. The van der Waals surface area contributed by atoms with Crippen LogP contribution in [0.1, 0.15) is 80.7 Å². The lowest BCUT2D eigenvalue weighted by molar-refractivity contribution is -0.142. The predicted molar refractivity (Wildman–Crippen MR) is 161 cm³/mol. The van der Waals surface area contributed by atoms with Gasteiger partial charge >= 0.3 is 12.0 Å². The number of nitrogens with zero attached hydrogens (tertiary/aromatic N) is 4. The molecule has 5 atom stereocenters. The van der Waals surface area contributed by atoms with Crippen molar-refractivity contribution in [3.8, 4) is 6.01 Å². The van der Waals surface area contributed by atoms with Gasteiger partial charge < -0.3 is 19.7 Å². The summed E-state index contributed by atoms with van der Waals surface area (Å²) < 4.78 is 12.1. The summed E-state index contributed by atoms with van der Waals surface area (Å²) in [6.45, 7) is 5.57. The number of hydrogen-bond donors (Lipinski definition) is 1. The SMILES string of the molecule is CC(=O)OC[C@@H]1CC[C@]2(COc3nc4c(c(N5C[C@H]6CC[C@@H](C5)N6)n3)CCC3(CCc5c(Cl)cccc53)C4)CCCN12. The van der Waals surface area contributed by atoms with Crippen LogP contribution in [0, 0.1) is 0 Å². The molecule has 8 rings (SSSR count). The number of aromatic nitrogens is 2. The minimum absolute atomic E-state index is 0.0270. The van der Waals surface area contributed by atoms with E-state index in [1.165, 1.54) is 42.1 Å². The third kappa shape index (κ3) is 4.51. The van der Waals surface area contributed by atoms with Crippen LogP contribution in [-0.2, 0) is 34.2 Å². The first-order valence-electron chi connectivity index (χ1n) is 16.1. The fraction of sp³-hybridized carbons (Fsp3) is 0.667. The van der Waals surface area contributed by atoms with Crippen molar-refractivity contribution in [3.05, 3.63) is 45.6 Å². The number of halogens is 1. The zero-order chi connectivity index (χ0) is 28.5. The first-order valence-corrected chi connectivity index (χ1v) is 16.5. The molecule has 1 aromatic heterocycles. The molecular formula is C33H42ClN5O3. The van der Waals surface area contributed by atoms with E-state index in [-0.39, 0.29) is 23.0 Å². The average Bonchev–Trinajstić information content (AvgIpc) is 3.73. The van der Waals surface area contributed by atoms with Crippen LogP contribution in [-0.4, -0.2) is 77.3 Å². The smallest absolute Gasteiger partial charge is 0.318 e. The van der Waals surface area contributed by atoms with E-state index in [1.807, 2.05) is 6.07 Å². The van der Waals surface area contributed by atoms with E-state index in [2.05, 4.69) is 27.2 Å². The first kappa shape index (κ1) is 27.2. The lowest BCUT2D eigenvalue weighted by Crippen LogP contribution is -2.52. The van der Waals surface area contributed by atoms with Gasteiger partial charge in [0.05, 0.1) is 11.2 Å². The molecule has 0 saturated carbocycles. The summed E-state index contributed by atoms with van der Waals surface area (Å²) in [7, 11) is 0. The lowest BCUT2D eigenvalue weighted by Gasteiger charge is -2.39. The fourth-order valence-electron chi connectivity index (χ4n) is 9.42. The molecule has 4 fully saturated rings. The summed E-state index contributed by atoms with van der Waals surface area (Å²) in [6.07, 6.45) is 12.0. The van der Waals surface area contributed by atoms with E-state index in [9.17, 15) is 4.79 Å². The van der Waals surface area contributed by atoms with E-state index in [0.29, 0.717) is 31.3 Å².